The van der Waals surface area contributed by atoms with E-state index in [4.69, 9.17) is 4.74 Å². The van der Waals surface area contributed by atoms with Crippen molar-refractivity contribution in [3.8, 4) is 0 Å². The van der Waals surface area contributed by atoms with Crippen LogP contribution in [0.25, 0.3) is 0 Å². The number of amides is 1. The van der Waals surface area contributed by atoms with Crippen LogP contribution in [0.4, 0.5) is 8.78 Å². The topological polar surface area (TPSA) is 46.6 Å². The van der Waals surface area contributed by atoms with E-state index in [0.29, 0.717) is 19.2 Å². The molecule has 102 valence electrons. The van der Waals surface area contributed by atoms with Gasteiger partial charge in [0.25, 0.3) is 5.91 Å². The molecule has 6 heteroatoms. The molecule has 1 aromatic rings. The number of benzene rings is 1. The Kier molecular flexibility index (Phi) is 4.09. The fourth-order valence-electron chi connectivity index (χ4n) is 1.92. The van der Waals surface area contributed by atoms with Crippen LogP contribution in [0.15, 0.2) is 18.2 Å². The maximum Gasteiger partial charge on any atom is 0.341 e. The van der Waals surface area contributed by atoms with Gasteiger partial charge in [-0.2, -0.15) is 0 Å². The molecule has 0 bridgehead atoms. The molecule has 0 aromatic heterocycles. The molecule has 1 aromatic carbocycles. The van der Waals surface area contributed by atoms with E-state index in [-0.39, 0.29) is 11.5 Å². The van der Waals surface area contributed by atoms with Gasteiger partial charge in [0.15, 0.2) is 6.61 Å². The van der Waals surface area contributed by atoms with E-state index >= 15 is 0 Å². The molecule has 1 aliphatic rings. The number of esters is 1. The number of likely N-dealkylation sites (tertiary alicyclic amines) is 1. The molecule has 1 saturated heterocycles. The fraction of sp³-hybridized carbons (Fsp3) is 0.385. The summed E-state index contributed by atoms with van der Waals surface area (Å²) in [7, 11) is 0. The number of rotatable bonds is 3. The average Bonchev–Trinajstić information content (AvgIpc) is 2.89. The molecule has 1 aliphatic heterocycles. The Morgan fingerprint density at radius 3 is 2.53 bits per heavy atom. The van der Waals surface area contributed by atoms with Gasteiger partial charge in [-0.1, -0.05) is 0 Å². The summed E-state index contributed by atoms with van der Waals surface area (Å²) in [5, 5.41) is 0. The van der Waals surface area contributed by atoms with Crippen LogP contribution in [-0.2, 0) is 9.53 Å². The van der Waals surface area contributed by atoms with E-state index in [0.717, 1.165) is 25.0 Å². The van der Waals surface area contributed by atoms with Gasteiger partial charge in [-0.05, 0) is 25.0 Å². The lowest BCUT2D eigenvalue weighted by Crippen LogP contribution is -2.32. The Balaban J connectivity index is 1.92. The maximum absolute atomic E-state index is 13.3. The number of hydrogen-bond donors (Lipinski definition) is 0. The maximum atomic E-state index is 13.3. The van der Waals surface area contributed by atoms with Crippen LogP contribution in [0, 0.1) is 11.6 Å². The summed E-state index contributed by atoms with van der Waals surface area (Å²) in [6, 6.07) is 2.55. The standard InChI is InChI=1S/C13H13F2NO3/c14-9-3-4-10(11(15)7-9)13(18)19-8-12(17)16-5-1-2-6-16/h3-4,7H,1-2,5-6,8H2. The van der Waals surface area contributed by atoms with E-state index in [1.165, 1.54) is 0 Å². The first-order valence-corrected chi connectivity index (χ1v) is 5.98. The third-order valence-corrected chi connectivity index (χ3v) is 2.94. The van der Waals surface area contributed by atoms with Crippen LogP contribution in [0.2, 0.25) is 0 Å². The lowest BCUT2D eigenvalue weighted by Gasteiger charge is -2.14. The molecule has 0 spiro atoms. The van der Waals surface area contributed by atoms with Gasteiger partial charge >= 0.3 is 5.97 Å². The van der Waals surface area contributed by atoms with Crippen LogP contribution in [0.5, 0.6) is 0 Å². The molecule has 0 unspecified atom stereocenters. The summed E-state index contributed by atoms with van der Waals surface area (Å²) in [4.78, 5) is 24.7. The average molecular weight is 269 g/mol. The van der Waals surface area contributed by atoms with Crippen LogP contribution in [0.3, 0.4) is 0 Å². The first kappa shape index (κ1) is 13.5. The van der Waals surface area contributed by atoms with E-state index in [2.05, 4.69) is 0 Å². The number of carbonyl (C=O) groups excluding carboxylic acids is 2. The highest BCUT2D eigenvalue weighted by molar-refractivity contribution is 5.91. The summed E-state index contributed by atoms with van der Waals surface area (Å²) in [6.07, 6.45) is 1.87. The second-order valence-electron chi connectivity index (χ2n) is 4.29. The largest absolute Gasteiger partial charge is 0.452 e. The van der Waals surface area contributed by atoms with Crippen molar-refractivity contribution in [2.24, 2.45) is 0 Å². The van der Waals surface area contributed by atoms with Gasteiger partial charge in [-0.15, -0.1) is 0 Å². The first-order chi connectivity index (χ1) is 9.08. The molecule has 1 amide bonds. The van der Waals surface area contributed by atoms with E-state index in [1.54, 1.807) is 4.90 Å². The van der Waals surface area contributed by atoms with Gasteiger partial charge < -0.3 is 9.64 Å². The first-order valence-electron chi connectivity index (χ1n) is 5.98. The smallest absolute Gasteiger partial charge is 0.341 e. The Bertz CT molecular complexity index is 499. The van der Waals surface area contributed by atoms with Gasteiger partial charge in [0.2, 0.25) is 0 Å². The van der Waals surface area contributed by atoms with Gasteiger partial charge in [0.05, 0.1) is 5.56 Å². The number of carbonyl (C=O) groups is 2. The van der Waals surface area contributed by atoms with Crippen LogP contribution >= 0.6 is 0 Å². The zero-order chi connectivity index (χ0) is 13.8. The molecule has 0 radical (unpaired) electrons. The van der Waals surface area contributed by atoms with Crippen molar-refractivity contribution in [3.05, 3.63) is 35.4 Å². The highest BCUT2D eigenvalue weighted by atomic mass is 19.1. The van der Waals surface area contributed by atoms with Crippen molar-refractivity contribution >= 4 is 11.9 Å². The van der Waals surface area contributed by atoms with Crippen molar-refractivity contribution in [2.45, 2.75) is 12.8 Å². The lowest BCUT2D eigenvalue weighted by molar-refractivity contribution is -0.133. The van der Waals surface area contributed by atoms with Crippen LogP contribution in [-0.4, -0.2) is 36.5 Å². The lowest BCUT2D eigenvalue weighted by atomic mass is 10.2. The van der Waals surface area contributed by atoms with Gasteiger partial charge in [0, 0.05) is 19.2 Å². The van der Waals surface area contributed by atoms with Crippen LogP contribution in [0.1, 0.15) is 23.2 Å². The zero-order valence-electron chi connectivity index (χ0n) is 10.2. The van der Waals surface area contributed by atoms with E-state index in [9.17, 15) is 18.4 Å². The van der Waals surface area contributed by atoms with Crippen molar-refractivity contribution < 1.29 is 23.1 Å². The van der Waals surface area contributed by atoms with Crippen molar-refractivity contribution in [1.29, 1.82) is 0 Å². The highest BCUT2D eigenvalue weighted by Gasteiger charge is 2.20. The minimum absolute atomic E-state index is 0.298. The normalized spacial score (nSPS) is 14.5. The van der Waals surface area contributed by atoms with Gasteiger partial charge in [0.1, 0.15) is 11.6 Å². The monoisotopic (exact) mass is 269 g/mol. The van der Waals surface area contributed by atoms with Gasteiger partial charge in [-0.25, -0.2) is 13.6 Å². The molecule has 0 aliphatic carbocycles. The van der Waals surface area contributed by atoms with Crippen LogP contribution < -0.4 is 0 Å². The predicted octanol–water partition coefficient (Wildman–Crippen LogP) is 1.74. The third-order valence-electron chi connectivity index (χ3n) is 2.94. The third kappa shape index (κ3) is 3.27. The molecule has 0 atom stereocenters. The Morgan fingerprint density at radius 1 is 1.21 bits per heavy atom. The molecular formula is C13H13F2NO3. The second-order valence-corrected chi connectivity index (χ2v) is 4.29. The zero-order valence-corrected chi connectivity index (χ0v) is 10.2. The number of halogens is 2. The SMILES string of the molecule is O=C(OCC(=O)N1CCCC1)c1ccc(F)cc1F. The summed E-state index contributed by atoms with van der Waals surface area (Å²) in [5.41, 5.74) is -0.379. The van der Waals surface area contributed by atoms with Crippen molar-refractivity contribution in [3.63, 3.8) is 0 Å². The number of ether oxygens (including phenoxy) is 1. The second kappa shape index (κ2) is 5.77. The number of nitrogens with zero attached hydrogens (tertiary/aromatic N) is 1. The number of hydrogen-bond acceptors (Lipinski definition) is 3. The van der Waals surface area contributed by atoms with E-state index in [1.807, 2.05) is 0 Å². The Labute approximate surface area is 109 Å². The highest BCUT2D eigenvalue weighted by Crippen LogP contribution is 2.12. The molecule has 4 nitrogen and oxygen atoms in total. The predicted molar refractivity (Wildman–Crippen MR) is 62.5 cm³/mol. The minimum atomic E-state index is -1.00. The van der Waals surface area contributed by atoms with Crippen molar-refractivity contribution in [1.82, 2.24) is 4.90 Å². The summed E-state index contributed by atoms with van der Waals surface area (Å²) >= 11 is 0. The van der Waals surface area contributed by atoms with E-state index < -0.39 is 24.2 Å². The molecule has 1 heterocycles. The summed E-state index contributed by atoms with van der Waals surface area (Å²) in [5.74, 6) is -3.04. The summed E-state index contributed by atoms with van der Waals surface area (Å²) in [6.45, 7) is 0.887. The molecule has 0 saturated carbocycles. The quantitative estimate of drug-likeness (QED) is 0.785. The molecule has 2 rings (SSSR count). The molecular weight excluding hydrogens is 256 g/mol. The molecule has 1 fully saturated rings. The summed E-state index contributed by atoms with van der Waals surface area (Å²) < 4.78 is 30.7. The van der Waals surface area contributed by atoms with Gasteiger partial charge in [-0.3, -0.25) is 4.79 Å². The van der Waals surface area contributed by atoms with Crippen molar-refractivity contribution in [2.75, 3.05) is 19.7 Å². The Hall–Kier alpha value is -1.98. The fourth-order valence-corrected chi connectivity index (χ4v) is 1.92. The Morgan fingerprint density at radius 2 is 1.89 bits per heavy atom. The molecule has 19 heavy (non-hydrogen) atoms. The minimum Gasteiger partial charge on any atom is -0.452 e. The molecule has 0 N–H and O–H groups in total.